The third-order valence-corrected chi connectivity index (χ3v) is 3.97. The molecule has 0 N–H and O–H groups in total. The lowest BCUT2D eigenvalue weighted by molar-refractivity contribution is -0.149. The third-order valence-electron chi connectivity index (χ3n) is 3.97. The summed E-state index contributed by atoms with van der Waals surface area (Å²) < 4.78 is 5.10. The van der Waals surface area contributed by atoms with Gasteiger partial charge in [-0.05, 0) is 38.0 Å². The maximum Gasteiger partial charge on any atom is 0.331 e. The van der Waals surface area contributed by atoms with Gasteiger partial charge in [0.2, 0.25) is 0 Å². The fourth-order valence-corrected chi connectivity index (χ4v) is 2.44. The van der Waals surface area contributed by atoms with Crippen molar-refractivity contribution in [3.8, 4) is 0 Å². The maximum absolute atomic E-state index is 12.4. The third kappa shape index (κ3) is 6.20. The Kier molecular flexibility index (Phi) is 7.15. The van der Waals surface area contributed by atoms with Gasteiger partial charge in [0.05, 0.1) is 0 Å². The molecule has 0 aliphatic carbocycles. The molecule has 0 aromatic heterocycles. The molecule has 2 aromatic carbocycles. The van der Waals surface area contributed by atoms with Crippen molar-refractivity contribution >= 4 is 18.0 Å². The van der Waals surface area contributed by atoms with E-state index in [4.69, 9.17) is 4.74 Å². The topological polar surface area (TPSA) is 46.6 Å². The number of ether oxygens (including phenoxy) is 1. The van der Waals surface area contributed by atoms with Crippen LogP contribution in [-0.2, 0) is 20.9 Å². The van der Waals surface area contributed by atoms with Crippen LogP contribution in [0.25, 0.3) is 6.08 Å². The number of carbonyl (C=O) groups is 2. The number of nitrogens with zero attached hydrogens (tertiary/aromatic N) is 1. The standard InChI is InChI=1S/C22H25NO3/c1-17(2)23(15-20-7-5-4-6-8-20)21(24)16-26-22(25)14-13-19-11-9-18(3)10-12-19/h4-14,17H,15-16H2,1-3H3/b14-13+. The van der Waals surface area contributed by atoms with Crippen molar-refractivity contribution in [2.75, 3.05) is 6.61 Å². The van der Waals surface area contributed by atoms with E-state index in [1.54, 1.807) is 11.0 Å². The number of hydrogen-bond donors (Lipinski definition) is 0. The number of benzene rings is 2. The van der Waals surface area contributed by atoms with Crippen LogP contribution < -0.4 is 0 Å². The Morgan fingerprint density at radius 3 is 2.31 bits per heavy atom. The molecule has 0 heterocycles. The van der Waals surface area contributed by atoms with Gasteiger partial charge >= 0.3 is 5.97 Å². The molecule has 136 valence electrons. The zero-order valence-electron chi connectivity index (χ0n) is 15.5. The second-order valence-corrected chi connectivity index (χ2v) is 6.45. The summed E-state index contributed by atoms with van der Waals surface area (Å²) in [4.78, 5) is 26.0. The van der Waals surface area contributed by atoms with E-state index in [9.17, 15) is 9.59 Å². The Labute approximate surface area is 155 Å². The molecule has 0 unspecified atom stereocenters. The lowest BCUT2D eigenvalue weighted by atomic mass is 10.1. The average Bonchev–Trinajstić information content (AvgIpc) is 2.64. The van der Waals surface area contributed by atoms with Crippen LogP contribution in [0, 0.1) is 6.92 Å². The molecule has 0 atom stereocenters. The van der Waals surface area contributed by atoms with E-state index >= 15 is 0 Å². The second kappa shape index (κ2) is 9.56. The number of esters is 1. The molecule has 0 fully saturated rings. The lowest BCUT2D eigenvalue weighted by Gasteiger charge is -2.26. The molecule has 0 saturated heterocycles. The van der Waals surface area contributed by atoms with Gasteiger partial charge in [-0.25, -0.2) is 4.79 Å². The summed E-state index contributed by atoms with van der Waals surface area (Å²) in [6, 6.07) is 17.6. The molecule has 0 radical (unpaired) electrons. The van der Waals surface area contributed by atoms with Gasteiger partial charge < -0.3 is 9.64 Å². The Balaban J connectivity index is 1.88. The van der Waals surface area contributed by atoms with E-state index in [0.29, 0.717) is 6.54 Å². The van der Waals surface area contributed by atoms with Crippen LogP contribution >= 0.6 is 0 Å². The largest absolute Gasteiger partial charge is 0.452 e. The predicted octanol–water partition coefficient (Wildman–Crippen LogP) is 3.99. The Bertz CT molecular complexity index is 749. The minimum absolute atomic E-state index is 0.0181. The Morgan fingerprint density at radius 2 is 1.69 bits per heavy atom. The van der Waals surface area contributed by atoms with Gasteiger partial charge in [0.15, 0.2) is 6.61 Å². The van der Waals surface area contributed by atoms with E-state index in [1.807, 2.05) is 75.4 Å². The smallest absolute Gasteiger partial charge is 0.331 e. The van der Waals surface area contributed by atoms with Crippen LogP contribution in [0.2, 0.25) is 0 Å². The normalized spacial score (nSPS) is 10.9. The molecule has 4 heteroatoms. The minimum atomic E-state index is -0.526. The number of carbonyl (C=O) groups excluding carboxylic acids is 2. The van der Waals surface area contributed by atoms with Crippen molar-refractivity contribution < 1.29 is 14.3 Å². The summed E-state index contributed by atoms with van der Waals surface area (Å²) in [5.74, 6) is -0.733. The van der Waals surface area contributed by atoms with Crippen molar-refractivity contribution in [3.63, 3.8) is 0 Å². The van der Waals surface area contributed by atoms with E-state index < -0.39 is 5.97 Å². The highest BCUT2D eigenvalue weighted by molar-refractivity contribution is 5.89. The van der Waals surface area contributed by atoms with Crippen molar-refractivity contribution in [1.82, 2.24) is 4.90 Å². The first-order chi connectivity index (χ1) is 12.5. The van der Waals surface area contributed by atoms with Crippen LogP contribution in [0.5, 0.6) is 0 Å². The van der Waals surface area contributed by atoms with Gasteiger partial charge in [-0.3, -0.25) is 4.79 Å². The van der Waals surface area contributed by atoms with Crippen molar-refractivity contribution in [1.29, 1.82) is 0 Å². The van der Waals surface area contributed by atoms with Crippen LogP contribution in [0.15, 0.2) is 60.7 Å². The zero-order chi connectivity index (χ0) is 18.9. The van der Waals surface area contributed by atoms with Gasteiger partial charge in [0.1, 0.15) is 0 Å². The minimum Gasteiger partial charge on any atom is -0.452 e. The van der Waals surface area contributed by atoms with E-state index in [2.05, 4.69) is 0 Å². The highest BCUT2D eigenvalue weighted by atomic mass is 16.5. The fourth-order valence-electron chi connectivity index (χ4n) is 2.44. The highest BCUT2D eigenvalue weighted by Gasteiger charge is 2.18. The molecule has 0 bridgehead atoms. The molecule has 2 rings (SSSR count). The van der Waals surface area contributed by atoms with Crippen LogP contribution in [0.3, 0.4) is 0 Å². The Hall–Kier alpha value is -2.88. The first-order valence-corrected chi connectivity index (χ1v) is 8.70. The number of aryl methyl sites for hydroxylation is 1. The van der Waals surface area contributed by atoms with E-state index in [0.717, 1.165) is 16.7 Å². The van der Waals surface area contributed by atoms with Gasteiger partial charge in [-0.15, -0.1) is 0 Å². The molecular weight excluding hydrogens is 326 g/mol. The van der Waals surface area contributed by atoms with Crippen LogP contribution in [0.1, 0.15) is 30.5 Å². The van der Waals surface area contributed by atoms with Gasteiger partial charge in [-0.1, -0.05) is 60.2 Å². The summed E-state index contributed by atoms with van der Waals surface area (Å²) in [6.45, 7) is 6.12. The average molecular weight is 351 g/mol. The number of hydrogen-bond acceptors (Lipinski definition) is 3. The maximum atomic E-state index is 12.4. The van der Waals surface area contributed by atoms with Crippen molar-refractivity contribution in [3.05, 3.63) is 77.4 Å². The summed E-state index contributed by atoms with van der Waals surface area (Å²) >= 11 is 0. The first-order valence-electron chi connectivity index (χ1n) is 8.70. The summed E-state index contributed by atoms with van der Waals surface area (Å²) in [7, 11) is 0. The fraction of sp³-hybridized carbons (Fsp3) is 0.273. The summed E-state index contributed by atoms with van der Waals surface area (Å²) in [6.07, 6.45) is 3.02. The van der Waals surface area contributed by atoms with Gasteiger partial charge in [0.25, 0.3) is 5.91 Å². The molecule has 0 aliphatic rings. The molecule has 0 aliphatic heterocycles. The number of amides is 1. The zero-order valence-corrected chi connectivity index (χ0v) is 15.5. The van der Waals surface area contributed by atoms with Crippen LogP contribution in [-0.4, -0.2) is 29.4 Å². The monoisotopic (exact) mass is 351 g/mol. The molecule has 2 aromatic rings. The summed E-state index contributed by atoms with van der Waals surface area (Å²) in [5.41, 5.74) is 3.11. The SMILES string of the molecule is Cc1ccc(/C=C/C(=O)OCC(=O)N(Cc2ccccc2)C(C)C)cc1. The molecule has 1 amide bonds. The molecular formula is C22H25NO3. The second-order valence-electron chi connectivity index (χ2n) is 6.45. The quantitative estimate of drug-likeness (QED) is 0.560. The Morgan fingerprint density at radius 1 is 1.04 bits per heavy atom. The van der Waals surface area contributed by atoms with Crippen molar-refractivity contribution in [2.24, 2.45) is 0 Å². The number of rotatable bonds is 7. The molecule has 0 spiro atoms. The van der Waals surface area contributed by atoms with Gasteiger partial charge in [0, 0.05) is 18.7 Å². The molecule has 26 heavy (non-hydrogen) atoms. The molecule has 0 saturated carbocycles. The molecule has 4 nitrogen and oxygen atoms in total. The lowest BCUT2D eigenvalue weighted by Crippen LogP contribution is -2.39. The predicted molar refractivity (Wildman–Crippen MR) is 103 cm³/mol. The summed E-state index contributed by atoms with van der Waals surface area (Å²) in [5, 5.41) is 0. The van der Waals surface area contributed by atoms with E-state index in [-0.39, 0.29) is 18.6 Å². The van der Waals surface area contributed by atoms with Crippen molar-refractivity contribution in [2.45, 2.75) is 33.4 Å². The first kappa shape index (κ1) is 19.4. The van der Waals surface area contributed by atoms with Crippen LogP contribution in [0.4, 0.5) is 0 Å². The van der Waals surface area contributed by atoms with E-state index in [1.165, 1.54) is 6.08 Å². The van der Waals surface area contributed by atoms with Gasteiger partial charge in [-0.2, -0.15) is 0 Å². The highest BCUT2D eigenvalue weighted by Crippen LogP contribution is 2.09.